The Morgan fingerprint density at radius 2 is 1.67 bits per heavy atom. The first kappa shape index (κ1) is 17.8. The van der Waals surface area contributed by atoms with Crippen molar-refractivity contribution in [1.82, 2.24) is 4.90 Å². The third-order valence-electron chi connectivity index (χ3n) is 3.87. The largest absolute Gasteiger partial charge is 0.497 e. The third-order valence-corrected chi connectivity index (χ3v) is 3.87. The smallest absolute Gasteiger partial charge is 0.121 e. The molecule has 4 nitrogen and oxygen atoms in total. The van der Waals surface area contributed by atoms with Gasteiger partial charge in [0.2, 0.25) is 0 Å². The van der Waals surface area contributed by atoms with E-state index in [0.29, 0.717) is 0 Å². The van der Waals surface area contributed by atoms with E-state index in [4.69, 9.17) is 4.74 Å². The summed E-state index contributed by atoms with van der Waals surface area (Å²) in [5.74, 6) is 2.62. The highest BCUT2D eigenvalue weighted by molar-refractivity contribution is 5.54. The van der Waals surface area contributed by atoms with Crippen molar-refractivity contribution in [2.75, 3.05) is 39.6 Å². The summed E-state index contributed by atoms with van der Waals surface area (Å²) in [5, 5.41) is 3.38. The summed E-state index contributed by atoms with van der Waals surface area (Å²) >= 11 is 0. The molecule has 0 saturated heterocycles. The molecule has 0 amide bonds. The van der Waals surface area contributed by atoms with Crippen molar-refractivity contribution in [3.8, 4) is 5.75 Å². The van der Waals surface area contributed by atoms with Crippen LogP contribution in [-0.4, -0.2) is 45.1 Å². The van der Waals surface area contributed by atoms with Gasteiger partial charge in [-0.1, -0.05) is 24.3 Å². The Hall–Kier alpha value is -2.55. The lowest BCUT2D eigenvalue weighted by Gasteiger charge is -2.15. The van der Waals surface area contributed by atoms with Gasteiger partial charge >= 0.3 is 0 Å². The van der Waals surface area contributed by atoms with Crippen LogP contribution in [0.15, 0.2) is 54.6 Å². The second-order valence-corrected chi connectivity index (χ2v) is 5.89. The first-order valence-electron chi connectivity index (χ1n) is 7.97. The van der Waals surface area contributed by atoms with E-state index in [1.54, 1.807) is 13.2 Å². The molecule has 0 aliphatic heterocycles. The van der Waals surface area contributed by atoms with Gasteiger partial charge in [0.1, 0.15) is 11.7 Å². The van der Waals surface area contributed by atoms with Crippen LogP contribution in [0.1, 0.15) is 17.0 Å². The molecule has 0 spiro atoms. The normalized spacial score (nSPS) is 11.7. The van der Waals surface area contributed by atoms with E-state index in [9.17, 15) is 4.79 Å². The fourth-order valence-electron chi connectivity index (χ4n) is 2.50. The fourth-order valence-corrected chi connectivity index (χ4v) is 2.50. The molecule has 0 radical (unpaired) electrons. The number of rotatable bonds is 8. The molecule has 0 aromatic heterocycles. The zero-order valence-corrected chi connectivity index (χ0v) is 14.5. The van der Waals surface area contributed by atoms with Crippen molar-refractivity contribution in [3.05, 3.63) is 65.7 Å². The summed E-state index contributed by atoms with van der Waals surface area (Å²) < 4.78 is 5.19. The highest BCUT2D eigenvalue weighted by Crippen LogP contribution is 2.28. The summed E-state index contributed by atoms with van der Waals surface area (Å²) in [4.78, 5) is 13.1. The minimum atomic E-state index is -0.107. The molecule has 1 unspecified atom stereocenters. The lowest BCUT2D eigenvalue weighted by molar-refractivity contribution is 0.414. The van der Waals surface area contributed by atoms with Crippen LogP contribution >= 0.6 is 0 Å². The minimum Gasteiger partial charge on any atom is -0.497 e. The van der Waals surface area contributed by atoms with E-state index in [1.807, 2.05) is 54.5 Å². The zero-order chi connectivity index (χ0) is 17.4. The predicted octanol–water partition coefficient (Wildman–Crippen LogP) is 3.19. The van der Waals surface area contributed by atoms with Gasteiger partial charge in [-0.3, -0.25) is 0 Å². The Morgan fingerprint density at radius 1 is 1.08 bits per heavy atom. The average molecular weight is 324 g/mol. The van der Waals surface area contributed by atoms with Gasteiger partial charge in [-0.25, -0.2) is 4.79 Å². The second-order valence-electron chi connectivity index (χ2n) is 5.89. The number of carbonyl (C=O) groups excluding carboxylic acids is 1. The number of nitrogens with zero attached hydrogens (tertiary/aromatic N) is 1. The van der Waals surface area contributed by atoms with E-state index in [-0.39, 0.29) is 5.92 Å². The van der Waals surface area contributed by atoms with E-state index in [2.05, 4.69) is 24.3 Å². The highest BCUT2D eigenvalue weighted by atomic mass is 16.5. The molecule has 0 aliphatic rings. The first-order valence-corrected chi connectivity index (χ1v) is 7.97. The Kier molecular flexibility index (Phi) is 6.62. The van der Waals surface area contributed by atoms with Crippen molar-refractivity contribution < 1.29 is 9.53 Å². The lowest BCUT2D eigenvalue weighted by atomic mass is 9.91. The Labute approximate surface area is 143 Å². The first-order chi connectivity index (χ1) is 11.6. The second kappa shape index (κ2) is 8.92. The van der Waals surface area contributed by atoms with Crippen molar-refractivity contribution in [1.29, 1.82) is 0 Å². The Balaban J connectivity index is 2.14. The van der Waals surface area contributed by atoms with Crippen LogP contribution in [0.3, 0.4) is 0 Å². The number of anilines is 1. The molecule has 1 atom stereocenters. The van der Waals surface area contributed by atoms with Gasteiger partial charge in [-0.15, -0.1) is 0 Å². The van der Waals surface area contributed by atoms with Crippen LogP contribution in [0.5, 0.6) is 5.75 Å². The fraction of sp³-hybridized carbons (Fsp3) is 0.300. The van der Waals surface area contributed by atoms with E-state index >= 15 is 0 Å². The van der Waals surface area contributed by atoms with Crippen LogP contribution in [-0.2, 0) is 4.79 Å². The van der Waals surface area contributed by atoms with Gasteiger partial charge in [0.25, 0.3) is 0 Å². The number of hydrogen-bond donors (Lipinski definition) is 1. The molecule has 1 N–H and O–H groups in total. The van der Waals surface area contributed by atoms with Crippen LogP contribution in [0.25, 0.3) is 0 Å². The monoisotopic (exact) mass is 324 g/mol. The van der Waals surface area contributed by atoms with Crippen LogP contribution in [0.2, 0.25) is 0 Å². The van der Waals surface area contributed by atoms with Crippen molar-refractivity contribution in [2.45, 2.75) is 5.92 Å². The molecule has 2 rings (SSSR count). The molecular weight excluding hydrogens is 300 g/mol. The molecule has 2 aromatic carbocycles. The molecular formula is C20H24N2O2. The van der Waals surface area contributed by atoms with Crippen molar-refractivity contribution in [3.63, 3.8) is 0 Å². The number of methoxy groups -OCH3 is 1. The van der Waals surface area contributed by atoms with E-state index in [1.165, 1.54) is 0 Å². The predicted molar refractivity (Wildman–Crippen MR) is 98.6 cm³/mol. The summed E-state index contributed by atoms with van der Waals surface area (Å²) in [6.45, 7) is 1.87. The molecule has 0 heterocycles. The Morgan fingerprint density at radius 3 is 2.17 bits per heavy atom. The van der Waals surface area contributed by atoms with Crippen molar-refractivity contribution in [2.24, 2.45) is 0 Å². The quantitative estimate of drug-likeness (QED) is 0.757. The number of allylic oxidation sites excluding steroid dienone is 1. The molecule has 0 bridgehead atoms. The van der Waals surface area contributed by atoms with Gasteiger partial charge in [-0.2, -0.15) is 0 Å². The molecule has 2 aromatic rings. The summed E-state index contributed by atoms with van der Waals surface area (Å²) in [5.41, 5.74) is 3.17. The number of likely N-dealkylation sites (N-methyl/N-ethyl adjacent to an activating group) is 1. The molecule has 4 heteroatoms. The summed E-state index contributed by atoms with van der Waals surface area (Å²) in [6.07, 6.45) is 1.55. The van der Waals surface area contributed by atoms with Gasteiger partial charge in [0, 0.05) is 30.8 Å². The lowest BCUT2D eigenvalue weighted by Crippen LogP contribution is -2.20. The number of ether oxygens (including phenoxy) is 1. The maximum atomic E-state index is 10.9. The minimum absolute atomic E-state index is 0.107. The third kappa shape index (κ3) is 4.98. The molecule has 0 saturated carbocycles. The highest BCUT2D eigenvalue weighted by Gasteiger charge is 2.12. The molecule has 24 heavy (non-hydrogen) atoms. The standard InChI is InChI=1S/C20H24N2O2/c1-22(2)14-13-21-18-8-4-16(5-9-18)20(12-15-23)17-6-10-19(24-3)11-7-17/h4-12,20-21H,13-14H2,1-3H3. The van der Waals surface area contributed by atoms with Crippen LogP contribution in [0, 0.1) is 0 Å². The van der Waals surface area contributed by atoms with Crippen LogP contribution < -0.4 is 10.1 Å². The summed E-state index contributed by atoms with van der Waals surface area (Å²) in [7, 11) is 5.74. The van der Waals surface area contributed by atoms with Gasteiger partial charge < -0.3 is 15.0 Å². The summed E-state index contributed by atoms with van der Waals surface area (Å²) in [6, 6.07) is 15.9. The topological polar surface area (TPSA) is 41.6 Å². The van der Waals surface area contributed by atoms with E-state index in [0.717, 1.165) is 35.7 Å². The van der Waals surface area contributed by atoms with Crippen molar-refractivity contribution >= 4 is 11.6 Å². The van der Waals surface area contributed by atoms with E-state index < -0.39 is 0 Å². The molecule has 0 fully saturated rings. The average Bonchev–Trinajstić information content (AvgIpc) is 2.60. The maximum Gasteiger partial charge on any atom is 0.121 e. The maximum absolute atomic E-state index is 10.9. The number of benzene rings is 2. The van der Waals surface area contributed by atoms with Gasteiger partial charge in [0.05, 0.1) is 7.11 Å². The SMILES string of the molecule is COc1ccc(C(C=C=O)c2ccc(NCCN(C)C)cc2)cc1. The number of nitrogens with one attached hydrogen (secondary N) is 1. The number of hydrogen-bond acceptors (Lipinski definition) is 4. The van der Waals surface area contributed by atoms with Gasteiger partial charge in [0.15, 0.2) is 0 Å². The zero-order valence-electron chi connectivity index (χ0n) is 14.5. The Bertz CT molecular complexity index is 672. The van der Waals surface area contributed by atoms with Crippen LogP contribution in [0.4, 0.5) is 5.69 Å². The molecule has 126 valence electrons. The van der Waals surface area contributed by atoms with Gasteiger partial charge in [-0.05, 0) is 49.5 Å². The molecule has 0 aliphatic carbocycles.